The van der Waals surface area contributed by atoms with Crippen LogP contribution >= 0.6 is 11.6 Å². The molecular weight excluding hydrogens is 336 g/mol. The molecule has 0 radical (unpaired) electrons. The predicted molar refractivity (Wildman–Crippen MR) is 99.3 cm³/mol. The zero-order chi connectivity index (χ0) is 19.4. The van der Waals surface area contributed by atoms with Gasteiger partial charge in [-0.15, -0.1) is 11.6 Å². The van der Waals surface area contributed by atoms with E-state index in [2.05, 4.69) is 22.2 Å². The molecule has 0 atom stereocenters. The summed E-state index contributed by atoms with van der Waals surface area (Å²) >= 11 is 4.64. The number of aliphatic hydroxyl groups is 2. The lowest BCUT2D eigenvalue weighted by Gasteiger charge is -2.12. The van der Waals surface area contributed by atoms with Gasteiger partial charge in [0.25, 0.3) is 0 Å². The van der Waals surface area contributed by atoms with Gasteiger partial charge in [0.1, 0.15) is 5.75 Å². The molecule has 0 fully saturated rings. The standard InChI is InChI=1S/C13H20N2O3.CH3Cl.2CH4O/c1-4-18-12-6-5-10(2)9-11(12)15-13(16)14-7-8-17-3;3*1-2/h5-6,9H,4,7-8H2,1-3H3,(H2,14,15,16);1H3;2*2H,1H3. The summed E-state index contributed by atoms with van der Waals surface area (Å²) in [6.07, 6.45) is 1.47. The van der Waals surface area contributed by atoms with Crippen molar-refractivity contribution in [1.82, 2.24) is 5.32 Å². The molecule has 7 nitrogen and oxygen atoms in total. The third-order valence-electron chi connectivity index (χ3n) is 2.27. The van der Waals surface area contributed by atoms with Gasteiger partial charge in [0.05, 0.1) is 18.9 Å². The molecule has 0 saturated carbocycles. The van der Waals surface area contributed by atoms with E-state index in [1.165, 1.54) is 6.38 Å². The number of methoxy groups -OCH3 is 1. The van der Waals surface area contributed by atoms with Crippen molar-refractivity contribution in [3.8, 4) is 5.75 Å². The van der Waals surface area contributed by atoms with Crippen LogP contribution in [0.1, 0.15) is 12.5 Å². The number of hydrogen-bond acceptors (Lipinski definition) is 5. The van der Waals surface area contributed by atoms with E-state index >= 15 is 0 Å². The van der Waals surface area contributed by atoms with Crippen LogP contribution in [0, 0.1) is 6.92 Å². The average Bonchev–Trinajstić information content (AvgIpc) is 2.63. The normalized spacial score (nSPS) is 8.21. The van der Waals surface area contributed by atoms with Crippen LogP contribution < -0.4 is 15.4 Å². The van der Waals surface area contributed by atoms with Crippen molar-refractivity contribution in [3.63, 3.8) is 0 Å². The third-order valence-corrected chi connectivity index (χ3v) is 2.27. The number of alkyl halides is 1. The smallest absolute Gasteiger partial charge is 0.319 e. The van der Waals surface area contributed by atoms with Crippen molar-refractivity contribution in [2.75, 3.05) is 52.8 Å². The Balaban J connectivity index is -0.000000659. The lowest BCUT2D eigenvalue weighted by Crippen LogP contribution is -2.31. The number of rotatable bonds is 6. The van der Waals surface area contributed by atoms with Gasteiger partial charge >= 0.3 is 6.03 Å². The maximum atomic E-state index is 11.6. The minimum atomic E-state index is -0.265. The van der Waals surface area contributed by atoms with Crippen molar-refractivity contribution < 1.29 is 24.5 Å². The van der Waals surface area contributed by atoms with E-state index in [-0.39, 0.29) is 6.03 Å². The van der Waals surface area contributed by atoms with Crippen molar-refractivity contribution >= 4 is 23.3 Å². The maximum Gasteiger partial charge on any atom is 0.319 e. The Morgan fingerprint density at radius 3 is 2.29 bits per heavy atom. The van der Waals surface area contributed by atoms with Crippen LogP contribution in [0.5, 0.6) is 5.75 Å². The van der Waals surface area contributed by atoms with Gasteiger partial charge in [0, 0.05) is 34.3 Å². The highest BCUT2D eigenvalue weighted by molar-refractivity contribution is 6.15. The first-order valence-electron chi connectivity index (χ1n) is 7.21. The first kappa shape index (κ1) is 27.3. The van der Waals surface area contributed by atoms with Crippen LogP contribution in [0.3, 0.4) is 0 Å². The number of aliphatic hydroxyl groups excluding tert-OH is 2. The molecule has 0 aliphatic carbocycles. The van der Waals surface area contributed by atoms with Crippen LogP contribution in [0.25, 0.3) is 0 Å². The molecule has 4 N–H and O–H groups in total. The molecule has 1 aromatic carbocycles. The summed E-state index contributed by atoms with van der Waals surface area (Å²) in [5.74, 6) is 0.671. The van der Waals surface area contributed by atoms with E-state index in [0.29, 0.717) is 31.2 Å². The predicted octanol–water partition coefficient (Wildman–Crippen LogP) is 2.23. The molecule has 8 heteroatoms. The van der Waals surface area contributed by atoms with E-state index in [1.807, 2.05) is 32.0 Å². The van der Waals surface area contributed by atoms with Gasteiger partial charge in [-0.25, -0.2) is 4.79 Å². The fourth-order valence-corrected chi connectivity index (χ4v) is 1.46. The lowest BCUT2D eigenvalue weighted by atomic mass is 10.2. The molecule has 1 rings (SSSR count). The number of benzene rings is 1. The highest BCUT2D eigenvalue weighted by Gasteiger charge is 2.07. The van der Waals surface area contributed by atoms with Crippen LogP contribution in [-0.2, 0) is 4.74 Å². The van der Waals surface area contributed by atoms with Gasteiger partial charge in [-0.2, -0.15) is 0 Å². The number of hydrogen-bond donors (Lipinski definition) is 4. The zero-order valence-corrected chi connectivity index (χ0v) is 16.1. The molecule has 2 amide bonds. The molecule has 0 heterocycles. The van der Waals surface area contributed by atoms with E-state index < -0.39 is 0 Å². The molecule has 24 heavy (non-hydrogen) atoms. The molecule has 0 unspecified atom stereocenters. The average molecular weight is 367 g/mol. The monoisotopic (exact) mass is 366 g/mol. The quantitative estimate of drug-likeness (QED) is 0.457. The van der Waals surface area contributed by atoms with Crippen LogP contribution in [0.15, 0.2) is 18.2 Å². The Labute approximate surface area is 149 Å². The summed E-state index contributed by atoms with van der Waals surface area (Å²) in [5.41, 5.74) is 1.73. The summed E-state index contributed by atoms with van der Waals surface area (Å²) in [4.78, 5) is 11.6. The molecule has 0 bridgehead atoms. The Morgan fingerprint density at radius 2 is 1.79 bits per heavy atom. The van der Waals surface area contributed by atoms with Gasteiger partial charge in [0.15, 0.2) is 0 Å². The number of amides is 2. The van der Waals surface area contributed by atoms with Crippen LogP contribution in [0.2, 0.25) is 0 Å². The number of aryl methyl sites for hydroxylation is 1. The minimum Gasteiger partial charge on any atom is -0.492 e. The highest BCUT2D eigenvalue weighted by Crippen LogP contribution is 2.25. The van der Waals surface area contributed by atoms with Crippen LogP contribution in [0.4, 0.5) is 10.5 Å². The van der Waals surface area contributed by atoms with Gasteiger partial charge in [0.2, 0.25) is 0 Å². The molecule has 0 aromatic heterocycles. The summed E-state index contributed by atoms with van der Waals surface area (Å²) in [6.45, 7) is 5.38. The second-order valence-corrected chi connectivity index (χ2v) is 3.81. The number of ether oxygens (including phenoxy) is 2. The maximum absolute atomic E-state index is 11.6. The van der Waals surface area contributed by atoms with Gasteiger partial charge < -0.3 is 30.3 Å². The first-order chi connectivity index (χ1) is 11.7. The van der Waals surface area contributed by atoms with Crippen molar-refractivity contribution in [2.24, 2.45) is 0 Å². The summed E-state index contributed by atoms with van der Waals surface area (Å²) in [5, 5.41) is 19.5. The topological polar surface area (TPSA) is 100 Å². The summed E-state index contributed by atoms with van der Waals surface area (Å²) in [6, 6.07) is 5.40. The molecule has 142 valence electrons. The SMILES string of the molecule is CCOc1ccc(C)cc1NC(=O)NCCOC.CCl.CO.CO. The summed E-state index contributed by atoms with van der Waals surface area (Å²) in [7, 11) is 3.59. The van der Waals surface area contributed by atoms with Gasteiger partial charge in [-0.05, 0) is 31.5 Å². The minimum absolute atomic E-state index is 0.265. The molecule has 0 aliphatic heterocycles. The molecule has 0 saturated heterocycles. The van der Waals surface area contributed by atoms with E-state index in [1.54, 1.807) is 7.11 Å². The Bertz CT molecular complexity index is 406. The summed E-state index contributed by atoms with van der Waals surface area (Å²) < 4.78 is 10.3. The third kappa shape index (κ3) is 14.1. The Kier molecular flexibility index (Phi) is 24.4. The lowest BCUT2D eigenvalue weighted by molar-refractivity contribution is 0.198. The highest BCUT2D eigenvalue weighted by atomic mass is 35.5. The number of urea groups is 1. The van der Waals surface area contributed by atoms with Crippen LogP contribution in [-0.4, -0.2) is 63.7 Å². The van der Waals surface area contributed by atoms with E-state index in [4.69, 9.17) is 19.7 Å². The number of nitrogens with one attached hydrogen (secondary N) is 2. The van der Waals surface area contributed by atoms with Crippen molar-refractivity contribution in [3.05, 3.63) is 23.8 Å². The van der Waals surface area contributed by atoms with Gasteiger partial charge in [-0.1, -0.05) is 6.07 Å². The number of carbonyl (C=O) groups is 1. The van der Waals surface area contributed by atoms with E-state index in [9.17, 15) is 4.79 Å². The molecular formula is C16H31ClN2O5. The fraction of sp³-hybridized carbons (Fsp3) is 0.562. The second kappa shape index (κ2) is 21.5. The number of carbonyl (C=O) groups excluding carboxylic acids is 1. The molecule has 0 spiro atoms. The Morgan fingerprint density at radius 1 is 1.21 bits per heavy atom. The van der Waals surface area contributed by atoms with Crippen molar-refractivity contribution in [2.45, 2.75) is 13.8 Å². The number of anilines is 1. The number of halogens is 1. The van der Waals surface area contributed by atoms with Crippen molar-refractivity contribution in [1.29, 1.82) is 0 Å². The Hall–Kier alpha value is -1.54. The van der Waals surface area contributed by atoms with Gasteiger partial charge in [-0.3, -0.25) is 0 Å². The zero-order valence-electron chi connectivity index (χ0n) is 15.4. The molecule has 1 aromatic rings. The van der Waals surface area contributed by atoms with E-state index in [0.717, 1.165) is 19.8 Å². The molecule has 0 aliphatic rings. The fourth-order valence-electron chi connectivity index (χ4n) is 1.46. The second-order valence-electron chi connectivity index (χ2n) is 3.81. The largest absolute Gasteiger partial charge is 0.492 e. The first-order valence-corrected chi connectivity index (χ1v) is 7.97.